The Bertz CT molecular complexity index is 259. The number of hydrogen-bond donors (Lipinski definition) is 1. The molecule has 0 unspecified atom stereocenters. The van der Waals surface area contributed by atoms with Crippen molar-refractivity contribution in [1.29, 1.82) is 0 Å². The highest BCUT2D eigenvalue weighted by atomic mass is 19.1. The van der Waals surface area contributed by atoms with Crippen molar-refractivity contribution in [3.63, 3.8) is 0 Å². The molecule has 4 nitrogen and oxygen atoms in total. The van der Waals surface area contributed by atoms with E-state index in [1.54, 1.807) is 0 Å². The zero-order chi connectivity index (χ0) is 8.27. The second-order valence-electron chi connectivity index (χ2n) is 1.99. The van der Waals surface area contributed by atoms with E-state index in [1.165, 1.54) is 17.1 Å². The first-order chi connectivity index (χ1) is 5.24. The Kier molecular flexibility index (Phi) is 2.20. The maximum Gasteiger partial charge on any atom is 0.356 e. The van der Waals surface area contributed by atoms with Crippen LogP contribution in [-0.4, -0.2) is 27.3 Å². The molecule has 11 heavy (non-hydrogen) atoms. The van der Waals surface area contributed by atoms with Crippen LogP contribution in [0.3, 0.4) is 0 Å². The number of carboxylic acid groups (broad SMARTS) is 1. The van der Waals surface area contributed by atoms with Gasteiger partial charge >= 0.3 is 5.97 Å². The molecule has 1 N–H and O–H groups in total. The van der Waals surface area contributed by atoms with Crippen molar-refractivity contribution >= 4 is 5.97 Å². The number of aryl methyl sites for hydroxylation is 1. The Hall–Kier alpha value is -1.39. The van der Waals surface area contributed by atoms with Crippen molar-refractivity contribution in [1.82, 2.24) is 9.55 Å². The molecule has 0 spiro atoms. The minimum absolute atomic E-state index is 0.0570. The number of aromatic nitrogens is 2. The fraction of sp³-hybridized carbons (Fsp3) is 0.333. The maximum atomic E-state index is 11.7. The van der Waals surface area contributed by atoms with Gasteiger partial charge in [-0.25, -0.2) is 14.2 Å². The molecule has 1 aromatic heterocycles. The average molecular weight is 158 g/mol. The summed E-state index contributed by atoms with van der Waals surface area (Å²) in [6.07, 6.45) is 2.59. The van der Waals surface area contributed by atoms with E-state index in [9.17, 15) is 9.18 Å². The van der Waals surface area contributed by atoms with Crippen molar-refractivity contribution in [2.24, 2.45) is 0 Å². The van der Waals surface area contributed by atoms with Gasteiger partial charge in [0.25, 0.3) is 0 Å². The summed E-state index contributed by atoms with van der Waals surface area (Å²) in [6, 6.07) is 0. The molecule has 0 aliphatic carbocycles. The summed E-state index contributed by atoms with van der Waals surface area (Å²) < 4.78 is 13.1. The highest BCUT2D eigenvalue weighted by Crippen LogP contribution is 1.95. The van der Waals surface area contributed by atoms with E-state index in [2.05, 4.69) is 4.98 Å². The second kappa shape index (κ2) is 3.14. The van der Waals surface area contributed by atoms with Gasteiger partial charge in [-0.05, 0) is 0 Å². The molecule has 0 saturated carbocycles. The molecule has 0 aromatic carbocycles. The van der Waals surface area contributed by atoms with Crippen LogP contribution in [0.2, 0.25) is 0 Å². The number of rotatable bonds is 3. The quantitative estimate of drug-likeness (QED) is 0.698. The van der Waals surface area contributed by atoms with Crippen LogP contribution in [0.1, 0.15) is 10.5 Å². The molecule has 0 radical (unpaired) electrons. The molecule has 0 bridgehead atoms. The molecule has 0 saturated heterocycles. The monoisotopic (exact) mass is 158 g/mol. The summed E-state index contributed by atoms with van der Waals surface area (Å²) in [5, 5.41) is 8.40. The zero-order valence-electron chi connectivity index (χ0n) is 5.70. The number of hydrogen-bond acceptors (Lipinski definition) is 2. The first-order valence-corrected chi connectivity index (χ1v) is 3.05. The Balaban J connectivity index is 2.73. The minimum atomic E-state index is -1.09. The van der Waals surface area contributed by atoms with Gasteiger partial charge in [0.05, 0.1) is 12.9 Å². The fourth-order valence-corrected chi connectivity index (χ4v) is 0.690. The molecule has 0 fully saturated rings. The van der Waals surface area contributed by atoms with Crippen molar-refractivity contribution in [2.45, 2.75) is 6.54 Å². The highest BCUT2D eigenvalue weighted by molar-refractivity contribution is 5.84. The van der Waals surface area contributed by atoms with Gasteiger partial charge in [-0.1, -0.05) is 0 Å². The van der Waals surface area contributed by atoms with E-state index < -0.39 is 12.6 Å². The highest BCUT2D eigenvalue weighted by Gasteiger charge is 2.05. The molecule has 60 valence electrons. The molecule has 1 rings (SSSR count). The molecule has 1 aromatic rings. The fourth-order valence-electron chi connectivity index (χ4n) is 0.690. The van der Waals surface area contributed by atoms with Crippen LogP contribution < -0.4 is 0 Å². The van der Waals surface area contributed by atoms with Crippen LogP contribution in [0.25, 0.3) is 0 Å². The van der Waals surface area contributed by atoms with Gasteiger partial charge < -0.3 is 9.67 Å². The topological polar surface area (TPSA) is 55.1 Å². The number of carbonyl (C=O) groups is 1. The second-order valence-corrected chi connectivity index (χ2v) is 1.99. The summed E-state index contributed by atoms with van der Waals surface area (Å²) in [4.78, 5) is 13.8. The van der Waals surface area contributed by atoms with Crippen molar-refractivity contribution in [3.05, 3.63) is 18.2 Å². The van der Waals surface area contributed by atoms with Gasteiger partial charge in [0.2, 0.25) is 0 Å². The third-order valence-corrected chi connectivity index (χ3v) is 1.20. The van der Waals surface area contributed by atoms with E-state index in [-0.39, 0.29) is 12.2 Å². The predicted molar refractivity (Wildman–Crippen MR) is 35.2 cm³/mol. The van der Waals surface area contributed by atoms with E-state index in [0.717, 1.165) is 0 Å². The number of halogens is 1. The van der Waals surface area contributed by atoms with Gasteiger partial charge in [0.1, 0.15) is 6.67 Å². The summed E-state index contributed by atoms with van der Waals surface area (Å²) in [6.45, 7) is -0.365. The molecule has 5 heteroatoms. The molecule has 0 atom stereocenters. The SMILES string of the molecule is O=C(O)c1cn(CCF)cn1. The van der Waals surface area contributed by atoms with Crippen LogP contribution in [-0.2, 0) is 6.54 Å². The lowest BCUT2D eigenvalue weighted by atomic mass is 10.5. The van der Waals surface area contributed by atoms with Crippen LogP contribution in [0.15, 0.2) is 12.5 Å². The first kappa shape index (κ1) is 7.71. The van der Waals surface area contributed by atoms with Gasteiger partial charge in [0, 0.05) is 6.20 Å². The molecular weight excluding hydrogens is 151 g/mol. The Labute approximate surface area is 62.3 Å². The van der Waals surface area contributed by atoms with Gasteiger partial charge in [0.15, 0.2) is 5.69 Å². The molecule has 0 aliphatic rings. The predicted octanol–water partition coefficient (Wildman–Crippen LogP) is 0.551. The van der Waals surface area contributed by atoms with Crippen LogP contribution >= 0.6 is 0 Å². The van der Waals surface area contributed by atoms with E-state index in [4.69, 9.17) is 5.11 Å². The summed E-state index contributed by atoms with van der Waals surface area (Å²) in [5.74, 6) is -1.09. The summed E-state index contributed by atoms with van der Waals surface area (Å²) in [5.41, 5.74) is -0.0570. The number of imidazole rings is 1. The number of nitrogens with zero attached hydrogens (tertiary/aromatic N) is 2. The van der Waals surface area contributed by atoms with Crippen molar-refractivity contribution in [2.75, 3.05) is 6.67 Å². The lowest BCUT2D eigenvalue weighted by molar-refractivity contribution is 0.0691. The van der Waals surface area contributed by atoms with Gasteiger partial charge in [-0.15, -0.1) is 0 Å². The summed E-state index contributed by atoms with van der Waals surface area (Å²) in [7, 11) is 0. The third kappa shape index (κ3) is 1.76. The zero-order valence-corrected chi connectivity index (χ0v) is 5.70. The standard InChI is InChI=1S/C6H7FN2O2/c7-1-2-9-3-5(6(10)11)8-4-9/h3-4H,1-2H2,(H,10,11). The van der Waals surface area contributed by atoms with Crippen LogP contribution in [0.4, 0.5) is 4.39 Å². The van der Waals surface area contributed by atoms with Crippen molar-refractivity contribution < 1.29 is 14.3 Å². The molecule has 1 heterocycles. The lowest BCUT2D eigenvalue weighted by Crippen LogP contribution is -1.97. The number of aromatic carboxylic acids is 1. The molecular formula is C6H7FN2O2. The van der Waals surface area contributed by atoms with Crippen LogP contribution in [0.5, 0.6) is 0 Å². The van der Waals surface area contributed by atoms with E-state index in [0.29, 0.717) is 0 Å². The third-order valence-electron chi connectivity index (χ3n) is 1.20. The van der Waals surface area contributed by atoms with Crippen LogP contribution in [0, 0.1) is 0 Å². The van der Waals surface area contributed by atoms with Gasteiger partial charge in [-0.2, -0.15) is 0 Å². The normalized spacial score (nSPS) is 9.91. The van der Waals surface area contributed by atoms with Gasteiger partial charge in [-0.3, -0.25) is 0 Å². The van der Waals surface area contributed by atoms with Crippen molar-refractivity contribution in [3.8, 4) is 0 Å². The number of alkyl halides is 1. The Morgan fingerprint density at radius 3 is 3.00 bits per heavy atom. The van der Waals surface area contributed by atoms with E-state index >= 15 is 0 Å². The smallest absolute Gasteiger partial charge is 0.356 e. The largest absolute Gasteiger partial charge is 0.476 e. The van der Waals surface area contributed by atoms with E-state index in [1.807, 2.05) is 0 Å². The number of carboxylic acids is 1. The lowest BCUT2D eigenvalue weighted by Gasteiger charge is -1.92. The minimum Gasteiger partial charge on any atom is -0.476 e. The molecule has 0 aliphatic heterocycles. The molecule has 0 amide bonds. The Morgan fingerprint density at radius 1 is 1.82 bits per heavy atom. The summed E-state index contributed by atoms with van der Waals surface area (Å²) >= 11 is 0. The maximum absolute atomic E-state index is 11.7. The average Bonchev–Trinajstić information content (AvgIpc) is 2.37. The Morgan fingerprint density at radius 2 is 2.55 bits per heavy atom. The first-order valence-electron chi connectivity index (χ1n) is 3.05.